The van der Waals surface area contributed by atoms with Gasteiger partial charge >= 0.3 is 0 Å². The quantitative estimate of drug-likeness (QED) is 0.558. The van der Waals surface area contributed by atoms with Gasteiger partial charge in [-0.05, 0) is 25.3 Å². The Morgan fingerprint density at radius 1 is 1.62 bits per heavy atom. The molecule has 0 saturated heterocycles. The van der Waals surface area contributed by atoms with Crippen molar-refractivity contribution in [2.75, 3.05) is 13.2 Å². The monoisotopic (exact) mass is 117 g/mol. The molecule has 0 fully saturated rings. The summed E-state index contributed by atoms with van der Waals surface area (Å²) in [6, 6.07) is 0. The first-order valence-electron chi connectivity index (χ1n) is 3.12. The van der Waals surface area contributed by atoms with E-state index in [1.165, 1.54) is 0 Å². The maximum atomic E-state index is 8.37. The van der Waals surface area contributed by atoms with Crippen molar-refractivity contribution in [1.29, 1.82) is 0 Å². The van der Waals surface area contributed by atoms with E-state index in [0.717, 1.165) is 19.4 Å². The maximum absolute atomic E-state index is 8.37. The van der Waals surface area contributed by atoms with Gasteiger partial charge < -0.3 is 10.8 Å². The Labute approximate surface area is 50.7 Å². The van der Waals surface area contributed by atoms with Gasteiger partial charge in [0.2, 0.25) is 0 Å². The molecule has 0 aromatic carbocycles. The summed E-state index contributed by atoms with van der Waals surface area (Å²) in [6.07, 6.45) is 1.94. The first-order chi connectivity index (χ1) is 3.81. The highest BCUT2D eigenvalue weighted by Crippen LogP contribution is 2.00. The van der Waals surface area contributed by atoms with Crippen LogP contribution in [0.5, 0.6) is 0 Å². The minimum absolute atomic E-state index is 0.296. The predicted molar refractivity (Wildman–Crippen MR) is 34.5 cm³/mol. The van der Waals surface area contributed by atoms with Crippen molar-refractivity contribution in [2.45, 2.75) is 19.8 Å². The van der Waals surface area contributed by atoms with Gasteiger partial charge in [0.1, 0.15) is 0 Å². The third-order valence-electron chi connectivity index (χ3n) is 1.26. The lowest BCUT2D eigenvalue weighted by Crippen LogP contribution is -2.10. The third-order valence-corrected chi connectivity index (χ3v) is 1.26. The van der Waals surface area contributed by atoms with Crippen LogP contribution in [0.4, 0.5) is 0 Å². The molecule has 0 saturated carbocycles. The zero-order chi connectivity index (χ0) is 6.41. The van der Waals surface area contributed by atoms with Crippen molar-refractivity contribution >= 4 is 0 Å². The van der Waals surface area contributed by atoms with Crippen LogP contribution in [0.3, 0.4) is 0 Å². The summed E-state index contributed by atoms with van der Waals surface area (Å²) in [4.78, 5) is 0. The van der Waals surface area contributed by atoms with E-state index in [-0.39, 0.29) is 0 Å². The highest BCUT2D eigenvalue weighted by atomic mass is 16.2. The Balaban J connectivity index is 2.86. The summed E-state index contributed by atoms with van der Waals surface area (Å²) in [5, 5.41) is 8.37. The molecule has 0 amide bonds. The zero-order valence-electron chi connectivity index (χ0n) is 5.43. The van der Waals surface area contributed by atoms with E-state index in [1.54, 1.807) is 0 Å². The SMILES string of the molecule is CC(CN)CCCO. The van der Waals surface area contributed by atoms with Gasteiger partial charge in [-0.2, -0.15) is 0 Å². The van der Waals surface area contributed by atoms with Gasteiger partial charge in [0, 0.05) is 6.61 Å². The van der Waals surface area contributed by atoms with Crippen LogP contribution in [0.1, 0.15) is 19.8 Å². The molecule has 0 spiro atoms. The summed E-state index contributed by atoms with van der Waals surface area (Å²) >= 11 is 0. The van der Waals surface area contributed by atoms with Crippen molar-refractivity contribution in [3.8, 4) is 0 Å². The molecule has 50 valence electrons. The summed E-state index contributed by atoms with van der Waals surface area (Å²) in [5.74, 6) is 0.571. The molecule has 8 heavy (non-hydrogen) atoms. The summed E-state index contributed by atoms with van der Waals surface area (Å²) in [5.41, 5.74) is 5.33. The Morgan fingerprint density at radius 2 is 2.25 bits per heavy atom. The standard InChI is InChI=1S/C6H15NO/c1-6(5-7)3-2-4-8/h6,8H,2-5,7H2,1H3. The lowest BCUT2D eigenvalue weighted by Gasteiger charge is -2.04. The molecule has 0 aromatic heterocycles. The van der Waals surface area contributed by atoms with Crippen LogP contribution < -0.4 is 5.73 Å². The van der Waals surface area contributed by atoms with E-state index in [9.17, 15) is 0 Å². The largest absolute Gasteiger partial charge is 0.396 e. The van der Waals surface area contributed by atoms with Gasteiger partial charge in [-0.25, -0.2) is 0 Å². The second kappa shape index (κ2) is 5.06. The Bertz CT molecular complexity index is 47.8. The van der Waals surface area contributed by atoms with Crippen molar-refractivity contribution < 1.29 is 5.11 Å². The number of aliphatic hydroxyl groups is 1. The fourth-order valence-electron chi connectivity index (χ4n) is 0.558. The first kappa shape index (κ1) is 7.92. The van der Waals surface area contributed by atoms with Crippen LogP contribution in [-0.2, 0) is 0 Å². The van der Waals surface area contributed by atoms with E-state index in [2.05, 4.69) is 6.92 Å². The van der Waals surface area contributed by atoms with E-state index >= 15 is 0 Å². The van der Waals surface area contributed by atoms with Gasteiger partial charge in [-0.15, -0.1) is 0 Å². The Kier molecular flexibility index (Phi) is 5.01. The predicted octanol–water partition coefficient (Wildman–Crippen LogP) is 0.354. The topological polar surface area (TPSA) is 46.2 Å². The summed E-state index contributed by atoms with van der Waals surface area (Å²) in [7, 11) is 0. The molecular formula is C6H15NO. The molecular weight excluding hydrogens is 102 g/mol. The number of hydrogen-bond acceptors (Lipinski definition) is 2. The summed E-state index contributed by atoms with van der Waals surface area (Å²) < 4.78 is 0. The third kappa shape index (κ3) is 4.09. The lowest BCUT2D eigenvalue weighted by atomic mass is 10.1. The van der Waals surface area contributed by atoms with Gasteiger partial charge in [0.15, 0.2) is 0 Å². The van der Waals surface area contributed by atoms with Crippen LogP contribution in [-0.4, -0.2) is 18.3 Å². The Morgan fingerprint density at radius 3 is 2.62 bits per heavy atom. The Hall–Kier alpha value is -0.0800. The smallest absolute Gasteiger partial charge is 0.0431 e. The van der Waals surface area contributed by atoms with Crippen molar-refractivity contribution in [3.63, 3.8) is 0 Å². The summed E-state index contributed by atoms with van der Waals surface area (Å²) in [6.45, 7) is 3.12. The average Bonchev–Trinajstić information content (AvgIpc) is 1.83. The first-order valence-corrected chi connectivity index (χ1v) is 3.12. The van der Waals surface area contributed by atoms with Gasteiger partial charge in [-0.1, -0.05) is 6.92 Å². The minimum atomic E-state index is 0.296. The normalized spacial score (nSPS) is 13.9. The van der Waals surface area contributed by atoms with Crippen LogP contribution in [0, 0.1) is 5.92 Å². The molecule has 1 unspecified atom stereocenters. The molecule has 3 N–H and O–H groups in total. The van der Waals surface area contributed by atoms with E-state index in [0.29, 0.717) is 12.5 Å². The molecule has 0 rings (SSSR count). The second-order valence-corrected chi connectivity index (χ2v) is 2.21. The van der Waals surface area contributed by atoms with Gasteiger partial charge in [-0.3, -0.25) is 0 Å². The maximum Gasteiger partial charge on any atom is 0.0431 e. The molecule has 1 atom stereocenters. The average molecular weight is 117 g/mol. The van der Waals surface area contributed by atoms with E-state index in [1.807, 2.05) is 0 Å². The zero-order valence-corrected chi connectivity index (χ0v) is 5.43. The highest BCUT2D eigenvalue weighted by Gasteiger charge is 1.95. The molecule has 0 bridgehead atoms. The van der Waals surface area contributed by atoms with Crippen LogP contribution in [0.25, 0.3) is 0 Å². The van der Waals surface area contributed by atoms with Crippen LogP contribution >= 0.6 is 0 Å². The number of rotatable bonds is 4. The van der Waals surface area contributed by atoms with Crippen molar-refractivity contribution in [1.82, 2.24) is 0 Å². The van der Waals surface area contributed by atoms with E-state index < -0.39 is 0 Å². The molecule has 2 heteroatoms. The van der Waals surface area contributed by atoms with Crippen LogP contribution in [0.2, 0.25) is 0 Å². The molecule has 0 aliphatic carbocycles. The second-order valence-electron chi connectivity index (χ2n) is 2.21. The van der Waals surface area contributed by atoms with Crippen molar-refractivity contribution in [3.05, 3.63) is 0 Å². The van der Waals surface area contributed by atoms with E-state index in [4.69, 9.17) is 10.8 Å². The fourth-order valence-corrected chi connectivity index (χ4v) is 0.558. The molecule has 0 aromatic rings. The van der Waals surface area contributed by atoms with Gasteiger partial charge in [0.05, 0.1) is 0 Å². The molecule has 0 heterocycles. The molecule has 0 aliphatic heterocycles. The van der Waals surface area contributed by atoms with Gasteiger partial charge in [0.25, 0.3) is 0 Å². The van der Waals surface area contributed by atoms with Crippen molar-refractivity contribution in [2.24, 2.45) is 11.7 Å². The van der Waals surface area contributed by atoms with Crippen LogP contribution in [0.15, 0.2) is 0 Å². The lowest BCUT2D eigenvalue weighted by molar-refractivity contribution is 0.274. The molecule has 0 radical (unpaired) electrons. The highest BCUT2D eigenvalue weighted by molar-refractivity contribution is 4.51. The molecule has 0 aliphatic rings. The number of nitrogens with two attached hydrogens (primary N) is 1. The number of hydrogen-bond donors (Lipinski definition) is 2. The number of aliphatic hydroxyl groups excluding tert-OH is 1. The molecule has 2 nitrogen and oxygen atoms in total. The fraction of sp³-hybridized carbons (Fsp3) is 1.00. The minimum Gasteiger partial charge on any atom is -0.396 e.